The molecule has 0 radical (unpaired) electrons. The van der Waals surface area contributed by atoms with Gasteiger partial charge in [-0.15, -0.1) is 0 Å². The van der Waals surface area contributed by atoms with Gasteiger partial charge in [-0.1, -0.05) is 0 Å². The van der Waals surface area contributed by atoms with Gasteiger partial charge < -0.3 is 10.4 Å². The first-order valence-corrected chi connectivity index (χ1v) is 6.72. The number of phenolic OH excluding ortho intramolecular Hbond substituents is 1. The van der Waals surface area contributed by atoms with Crippen LogP contribution in [0.4, 0.5) is 15.8 Å². The summed E-state index contributed by atoms with van der Waals surface area (Å²) in [5.74, 6) is -1.04. The molecule has 1 atom stereocenters. The Hall–Kier alpha value is -2.89. The topological polar surface area (TPSA) is 69.6 Å². The normalized spacial score (nSPS) is 17.9. The number of phenols is 1. The first-order valence-electron chi connectivity index (χ1n) is 6.72. The number of halogens is 1. The minimum absolute atomic E-state index is 0.0249. The maximum absolute atomic E-state index is 12.9. The van der Waals surface area contributed by atoms with Crippen LogP contribution in [0.3, 0.4) is 0 Å². The summed E-state index contributed by atoms with van der Waals surface area (Å²) < 4.78 is 12.9. The zero-order chi connectivity index (χ0) is 15.7. The number of hydrogen-bond acceptors (Lipinski definition) is 4. The van der Waals surface area contributed by atoms with Gasteiger partial charge in [-0.05, 0) is 48.5 Å². The van der Waals surface area contributed by atoms with Gasteiger partial charge in [0.15, 0.2) is 0 Å². The van der Waals surface area contributed by atoms with Gasteiger partial charge in [0, 0.05) is 5.69 Å². The van der Waals surface area contributed by atoms with E-state index >= 15 is 0 Å². The molecule has 0 aromatic heterocycles. The number of benzene rings is 2. The number of carbonyl (C=O) groups is 2. The molecule has 1 saturated heterocycles. The summed E-state index contributed by atoms with van der Waals surface area (Å²) in [5.41, 5.74) is 0.983. The average Bonchev–Trinajstić information content (AvgIpc) is 2.77. The molecular weight excluding hydrogens is 287 g/mol. The molecule has 6 heteroatoms. The summed E-state index contributed by atoms with van der Waals surface area (Å²) in [5, 5.41) is 12.2. The molecule has 2 aromatic carbocycles. The summed E-state index contributed by atoms with van der Waals surface area (Å²) in [7, 11) is 0. The van der Waals surface area contributed by atoms with Crippen LogP contribution in [0.25, 0.3) is 0 Å². The summed E-state index contributed by atoms with van der Waals surface area (Å²) in [4.78, 5) is 25.5. The van der Waals surface area contributed by atoms with Crippen molar-refractivity contribution < 1.29 is 19.1 Å². The smallest absolute Gasteiger partial charge is 0.256 e. The van der Waals surface area contributed by atoms with E-state index in [-0.39, 0.29) is 24.0 Å². The molecule has 0 bridgehead atoms. The predicted molar refractivity (Wildman–Crippen MR) is 79.0 cm³/mol. The van der Waals surface area contributed by atoms with Gasteiger partial charge >= 0.3 is 0 Å². The van der Waals surface area contributed by atoms with Gasteiger partial charge in [-0.25, -0.2) is 9.29 Å². The molecule has 5 nitrogen and oxygen atoms in total. The number of aromatic hydroxyl groups is 1. The van der Waals surface area contributed by atoms with Gasteiger partial charge in [0.1, 0.15) is 17.6 Å². The number of anilines is 2. The minimum atomic E-state index is -0.679. The SMILES string of the molecule is O=C1CC(Nc2ccc(O)cc2)C(=O)N1c1ccc(F)cc1. The maximum Gasteiger partial charge on any atom is 0.256 e. The van der Waals surface area contributed by atoms with Crippen LogP contribution < -0.4 is 10.2 Å². The Balaban J connectivity index is 1.79. The fourth-order valence-corrected chi connectivity index (χ4v) is 2.36. The van der Waals surface area contributed by atoms with E-state index in [0.29, 0.717) is 11.4 Å². The van der Waals surface area contributed by atoms with E-state index in [9.17, 15) is 19.1 Å². The van der Waals surface area contributed by atoms with Crippen molar-refractivity contribution in [2.24, 2.45) is 0 Å². The number of nitrogens with zero attached hydrogens (tertiary/aromatic N) is 1. The average molecular weight is 300 g/mol. The van der Waals surface area contributed by atoms with Gasteiger partial charge in [-0.3, -0.25) is 9.59 Å². The molecule has 1 heterocycles. The number of imide groups is 1. The van der Waals surface area contributed by atoms with Crippen LogP contribution in [-0.2, 0) is 9.59 Å². The highest BCUT2D eigenvalue weighted by Gasteiger charge is 2.39. The summed E-state index contributed by atoms with van der Waals surface area (Å²) in [6, 6.07) is 10.7. The van der Waals surface area contributed by atoms with E-state index in [0.717, 1.165) is 4.90 Å². The highest BCUT2D eigenvalue weighted by molar-refractivity contribution is 6.23. The molecule has 1 unspecified atom stereocenters. The van der Waals surface area contributed by atoms with Crippen LogP contribution in [0.5, 0.6) is 5.75 Å². The lowest BCUT2D eigenvalue weighted by atomic mass is 10.2. The van der Waals surface area contributed by atoms with Gasteiger partial charge in [0.25, 0.3) is 5.91 Å². The second-order valence-corrected chi connectivity index (χ2v) is 4.99. The van der Waals surface area contributed by atoms with E-state index in [1.807, 2.05) is 0 Å². The fraction of sp³-hybridized carbons (Fsp3) is 0.125. The van der Waals surface area contributed by atoms with Crippen LogP contribution in [0.15, 0.2) is 48.5 Å². The molecule has 2 amide bonds. The molecule has 0 aliphatic carbocycles. The Bertz CT molecular complexity index is 713. The lowest BCUT2D eigenvalue weighted by Gasteiger charge is -2.16. The van der Waals surface area contributed by atoms with E-state index in [4.69, 9.17) is 0 Å². The van der Waals surface area contributed by atoms with Crippen molar-refractivity contribution in [1.29, 1.82) is 0 Å². The first kappa shape index (κ1) is 14.1. The van der Waals surface area contributed by atoms with Crippen molar-refractivity contribution >= 4 is 23.2 Å². The number of nitrogens with one attached hydrogen (secondary N) is 1. The van der Waals surface area contributed by atoms with Crippen molar-refractivity contribution in [3.63, 3.8) is 0 Å². The molecule has 0 spiro atoms. The van der Waals surface area contributed by atoms with Crippen LogP contribution >= 0.6 is 0 Å². The number of amides is 2. The molecule has 1 fully saturated rings. The second kappa shape index (κ2) is 5.48. The van der Waals surface area contributed by atoms with Gasteiger partial charge in [-0.2, -0.15) is 0 Å². The monoisotopic (exact) mass is 300 g/mol. The van der Waals surface area contributed by atoms with Gasteiger partial charge in [0.2, 0.25) is 5.91 Å². The lowest BCUT2D eigenvalue weighted by molar-refractivity contribution is -0.121. The molecule has 2 aromatic rings. The van der Waals surface area contributed by atoms with Crippen LogP contribution in [-0.4, -0.2) is 23.0 Å². The predicted octanol–water partition coefficient (Wildman–Crippen LogP) is 2.28. The van der Waals surface area contributed by atoms with E-state index in [2.05, 4.69) is 5.32 Å². The van der Waals surface area contributed by atoms with Crippen LogP contribution in [0, 0.1) is 5.82 Å². The van der Waals surface area contributed by atoms with Crippen molar-refractivity contribution in [3.8, 4) is 5.75 Å². The Morgan fingerprint density at radius 3 is 2.32 bits per heavy atom. The maximum atomic E-state index is 12.9. The van der Waals surface area contributed by atoms with Crippen LogP contribution in [0.1, 0.15) is 6.42 Å². The van der Waals surface area contributed by atoms with Crippen molar-refractivity contribution in [1.82, 2.24) is 0 Å². The fourth-order valence-electron chi connectivity index (χ4n) is 2.36. The second-order valence-electron chi connectivity index (χ2n) is 4.99. The summed E-state index contributed by atoms with van der Waals surface area (Å²) in [6.07, 6.45) is 0.0249. The Morgan fingerprint density at radius 1 is 1.05 bits per heavy atom. The molecule has 0 saturated carbocycles. The van der Waals surface area contributed by atoms with E-state index in [1.165, 1.54) is 36.4 Å². The van der Waals surface area contributed by atoms with Crippen molar-refractivity contribution in [2.75, 3.05) is 10.2 Å². The van der Waals surface area contributed by atoms with Crippen molar-refractivity contribution in [2.45, 2.75) is 12.5 Å². The Kier molecular flexibility index (Phi) is 3.50. The molecule has 3 rings (SSSR count). The molecule has 1 aliphatic rings. The largest absolute Gasteiger partial charge is 0.508 e. The van der Waals surface area contributed by atoms with Crippen molar-refractivity contribution in [3.05, 3.63) is 54.3 Å². The minimum Gasteiger partial charge on any atom is -0.508 e. The third-order valence-electron chi connectivity index (χ3n) is 3.44. The highest BCUT2D eigenvalue weighted by atomic mass is 19.1. The lowest BCUT2D eigenvalue weighted by Crippen LogP contribution is -2.34. The van der Waals surface area contributed by atoms with E-state index in [1.54, 1.807) is 12.1 Å². The Labute approximate surface area is 126 Å². The third kappa shape index (κ3) is 2.63. The molecular formula is C16H13FN2O3. The third-order valence-corrected chi connectivity index (χ3v) is 3.44. The molecule has 1 aliphatic heterocycles. The number of hydrogen-bond donors (Lipinski definition) is 2. The Morgan fingerprint density at radius 2 is 1.68 bits per heavy atom. The van der Waals surface area contributed by atoms with E-state index < -0.39 is 11.9 Å². The molecule has 2 N–H and O–H groups in total. The quantitative estimate of drug-likeness (QED) is 0.674. The van der Waals surface area contributed by atoms with Crippen LogP contribution in [0.2, 0.25) is 0 Å². The summed E-state index contributed by atoms with van der Waals surface area (Å²) >= 11 is 0. The standard InChI is InChI=1S/C16H13FN2O3/c17-10-1-5-12(6-2-10)19-15(21)9-14(16(19)22)18-11-3-7-13(20)8-4-11/h1-8,14,18,20H,9H2. The summed E-state index contributed by atoms with van der Waals surface area (Å²) in [6.45, 7) is 0. The molecule has 112 valence electrons. The highest BCUT2D eigenvalue weighted by Crippen LogP contribution is 2.25. The first-order chi connectivity index (χ1) is 10.5. The number of carbonyl (C=O) groups excluding carboxylic acids is 2. The molecule has 22 heavy (non-hydrogen) atoms. The number of rotatable bonds is 3. The van der Waals surface area contributed by atoms with Gasteiger partial charge in [0.05, 0.1) is 12.1 Å². The zero-order valence-corrected chi connectivity index (χ0v) is 11.5. The zero-order valence-electron chi connectivity index (χ0n) is 11.5.